The number of guanidine groups is 1. The molecule has 0 unspecified atom stereocenters. The van der Waals surface area contributed by atoms with E-state index in [-0.39, 0.29) is 30.1 Å². The Morgan fingerprint density at radius 2 is 1.86 bits per heavy atom. The topological polar surface area (TPSA) is 51.1 Å². The summed E-state index contributed by atoms with van der Waals surface area (Å²) in [7, 11) is 2.23. The highest BCUT2D eigenvalue weighted by molar-refractivity contribution is 14.0. The Labute approximate surface area is 152 Å². The molecule has 1 saturated carbocycles. The van der Waals surface area contributed by atoms with Crippen LogP contribution in [0.4, 0.5) is 0 Å². The van der Waals surface area contributed by atoms with E-state index in [0.717, 1.165) is 57.6 Å². The quantitative estimate of drug-likeness (QED) is 0.402. The first-order chi connectivity index (χ1) is 10.2. The average molecular weight is 424 g/mol. The van der Waals surface area contributed by atoms with Crippen LogP contribution >= 0.6 is 24.0 Å². The van der Waals surface area contributed by atoms with Gasteiger partial charge < -0.3 is 20.2 Å². The van der Waals surface area contributed by atoms with E-state index in [0.29, 0.717) is 0 Å². The Bertz CT molecular complexity index is 326. The van der Waals surface area contributed by atoms with Crippen molar-refractivity contribution in [1.29, 1.82) is 0 Å². The number of likely N-dealkylation sites (tertiary alicyclic amines) is 1. The molecular weight excluding hydrogens is 391 g/mol. The van der Waals surface area contributed by atoms with E-state index in [2.05, 4.69) is 29.1 Å². The van der Waals surface area contributed by atoms with Crippen LogP contribution in [-0.2, 0) is 0 Å². The number of halogens is 1. The molecule has 0 aromatic heterocycles. The number of nitrogens with one attached hydrogen (secondary N) is 1. The smallest absolute Gasteiger partial charge is 0.193 e. The van der Waals surface area contributed by atoms with E-state index in [9.17, 15) is 5.11 Å². The van der Waals surface area contributed by atoms with Crippen LogP contribution in [0.2, 0.25) is 0 Å². The molecule has 2 fully saturated rings. The zero-order valence-electron chi connectivity index (χ0n) is 14.1. The number of piperidine rings is 1. The molecule has 0 amide bonds. The second-order valence-corrected chi connectivity index (χ2v) is 6.37. The molecule has 2 N–H and O–H groups in total. The molecule has 1 aliphatic carbocycles. The minimum atomic E-state index is -0.127. The maximum Gasteiger partial charge on any atom is 0.193 e. The van der Waals surface area contributed by atoms with Gasteiger partial charge in [0, 0.05) is 32.2 Å². The first-order valence-electron chi connectivity index (χ1n) is 8.62. The fourth-order valence-electron chi connectivity index (χ4n) is 3.34. The molecule has 1 aliphatic heterocycles. The molecule has 0 atom stereocenters. The number of hydrogen-bond acceptors (Lipinski definition) is 3. The summed E-state index contributed by atoms with van der Waals surface area (Å²) in [5.41, 5.74) is 0. The van der Waals surface area contributed by atoms with Crippen molar-refractivity contribution >= 4 is 29.9 Å². The van der Waals surface area contributed by atoms with Gasteiger partial charge in [0.15, 0.2) is 5.96 Å². The van der Waals surface area contributed by atoms with Crippen LogP contribution in [-0.4, -0.2) is 72.8 Å². The van der Waals surface area contributed by atoms with Crippen molar-refractivity contribution in [2.45, 2.75) is 57.6 Å². The number of aliphatic hydroxyl groups is 1. The van der Waals surface area contributed by atoms with Crippen molar-refractivity contribution in [2.75, 3.05) is 39.8 Å². The van der Waals surface area contributed by atoms with E-state index in [1.54, 1.807) is 0 Å². The van der Waals surface area contributed by atoms with Gasteiger partial charge in [-0.25, -0.2) is 0 Å². The molecule has 22 heavy (non-hydrogen) atoms. The van der Waals surface area contributed by atoms with Gasteiger partial charge in [0.2, 0.25) is 0 Å². The van der Waals surface area contributed by atoms with Gasteiger partial charge in [-0.05, 0) is 39.7 Å². The number of aliphatic hydroxyl groups excluding tert-OH is 1. The van der Waals surface area contributed by atoms with Crippen molar-refractivity contribution in [3.05, 3.63) is 0 Å². The van der Waals surface area contributed by atoms with E-state index in [1.807, 2.05) is 0 Å². The summed E-state index contributed by atoms with van der Waals surface area (Å²) in [4.78, 5) is 9.54. The molecule has 6 heteroatoms. The molecule has 1 saturated heterocycles. The normalized spacial score (nSPS) is 21.3. The monoisotopic (exact) mass is 424 g/mol. The summed E-state index contributed by atoms with van der Waals surface area (Å²) in [6, 6.07) is 0.771. The third-order valence-corrected chi connectivity index (χ3v) is 4.76. The summed E-state index contributed by atoms with van der Waals surface area (Å²) in [5, 5.41) is 13.0. The summed E-state index contributed by atoms with van der Waals surface area (Å²) < 4.78 is 0. The maximum absolute atomic E-state index is 9.62. The van der Waals surface area contributed by atoms with Gasteiger partial charge in [0.05, 0.1) is 12.6 Å². The first-order valence-corrected chi connectivity index (χ1v) is 8.62. The Morgan fingerprint density at radius 3 is 2.45 bits per heavy atom. The third-order valence-electron chi connectivity index (χ3n) is 4.76. The fourth-order valence-corrected chi connectivity index (χ4v) is 3.34. The predicted octanol–water partition coefficient (Wildman–Crippen LogP) is 1.90. The number of aliphatic imine (C=N–C) groups is 1. The largest absolute Gasteiger partial charge is 0.393 e. The highest BCUT2D eigenvalue weighted by Crippen LogP contribution is 2.21. The van der Waals surface area contributed by atoms with Crippen molar-refractivity contribution < 1.29 is 5.11 Å². The Morgan fingerprint density at radius 1 is 1.23 bits per heavy atom. The van der Waals surface area contributed by atoms with Gasteiger partial charge in [-0.2, -0.15) is 0 Å². The van der Waals surface area contributed by atoms with Crippen LogP contribution in [0.1, 0.15) is 45.4 Å². The Kier molecular flexibility index (Phi) is 9.66. The molecular formula is C16H33IN4O. The highest BCUT2D eigenvalue weighted by Gasteiger charge is 2.21. The van der Waals surface area contributed by atoms with Crippen molar-refractivity contribution in [3.63, 3.8) is 0 Å². The van der Waals surface area contributed by atoms with Gasteiger partial charge >= 0.3 is 0 Å². The summed E-state index contributed by atoms with van der Waals surface area (Å²) in [6.07, 6.45) is 7.05. The molecule has 0 aromatic carbocycles. The Hall–Kier alpha value is -0.0800. The van der Waals surface area contributed by atoms with Gasteiger partial charge in [-0.3, -0.25) is 4.99 Å². The second-order valence-electron chi connectivity index (χ2n) is 6.37. The summed E-state index contributed by atoms with van der Waals surface area (Å²) >= 11 is 0. The van der Waals surface area contributed by atoms with E-state index >= 15 is 0 Å². The SMILES string of the molecule is CCNC(=NCCN(C)C1CCCC1)N1CCC(O)CC1.I. The molecule has 0 radical (unpaired) electrons. The van der Waals surface area contributed by atoms with Crippen LogP contribution in [0, 0.1) is 0 Å². The number of likely N-dealkylation sites (N-methyl/N-ethyl adjacent to an activating group) is 1. The molecule has 0 spiro atoms. The lowest BCUT2D eigenvalue weighted by atomic mass is 10.1. The lowest BCUT2D eigenvalue weighted by Crippen LogP contribution is -2.47. The minimum Gasteiger partial charge on any atom is -0.393 e. The van der Waals surface area contributed by atoms with Crippen molar-refractivity contribution in [2.24, 2.45) is 4.99 Å². The zero-order valence-corrected chi connectivity index (χ0v) is 16.5. The third kappa shape index (κ3) is 6.20. The van der Waals surface area contributed by atoms with Gasteiger partial charge in [0.1, 0.15) is 0 Å². The molecule has 2 aliphatic rings. The van der Waals surface area contributed by atoms with Gasteiger partial charge in [0.25, 0.3) is 0 Å². The predicted molar refractivity (Wildman–Crippen MR) is 103 cm³/mol. The van der Waals surface area contributed by atoms with E-state index < -0.39 is 0 Å². The van der Waals surface area contributed by atoms with Crippen LogP contribution in [0.3, 0.4) is 0 Å². The standard InChI is InChI=1S/C16H32N4O.HI/c1-3-17-16(20-11-8-15(21)9-12-20)18-10-13-19(2)14-6-4-5-7-14;/h14-15,21H,3-13H2,1-2H3,(H,17,18);1H. The summed E-state index contributed by atoms with van der Waals surface area (Å²) in [5.74, 6) is 1.02. The number of nitrogens with zero attached hydrogens (tertiary/aromatic N) is 3. The first kappa shape index (κ1) is 20.0. The van der Waals surface area contributed by atoms with Crippen molar-refractivity contribution in [3.8, 4) is 0 Å². The minimum absolute atomic E-state index is 0. The molecule has 1 heterocycles. The zero-order chi connectivity index (χ0) is 15.1. The van der Waals surface area contributed by atoms with Crippen molar-refractivity contribution in [1.82, 2.24) is 15.1 Å². The van der Waals surface area contributed by atoms with Crippen LogP contribution < -0.4 is 5.32 Å². The van der Waals surface area contributed by atoms with Crippen LogP contribution in [0.15, 0.2) is 4.99 Å². The lowest BCUT2D eigenvalue weighted by molar-refractivity contribution is 0.108. The van der Waals surface area contributed by atoms with Crippen LogP contribution in [0.25, 0.3) is 0 Å². The average Bonchev–Trinajstić information content (AvgIpc) is 3.01. The van der Waals surface area contributed by atoms with E-state index in [4.69, 9.17) is 4.99 Å². The van der Waals surface area contributed by atoms with Gasteiger partial charge in [-0.1, -0.05) is 12.8 Å². The number of rotatable bonds is 5. The highest BCUT2D eigenvalue weighted by atomic mass is 127. The Balaban J connectivity index is 0.00000242. The number of hydrogen-bond donors (Lipinski definition) is 2. The molecule has 0 bridgehead atoms. The van der Waals surface area contributed by atoms with Gasteiger partial charge in [-0.15, -0.1) is 24.0 Å². The van der Waals surface area contributed by atoms with Crippen LogP contribution in [0.5, 0.6) is 0 Å². The molecule has 0 aromatic rings. The lowest BCUT2D eigenvalue weighted by Gasteiger charge is -2.32. The molecule has 130 valence electrons. The second kappa shape index (κ2) is 10.6. The fraction of sp³-hybridized carbons (Fsp3) is 0.938. The molecule has 5 nitrogen and oxygen atoms in total. The molecule has 2 rings (SSSR count). The maximum atomic E-state index is 9.62. The van der Waals surface area contributed by atoms with E-state index in [1.165, 1.54) is 25.7 Å². The summed E-state index contributed by atoms with van der Waals surface area (Å²) in [6.45, 7) is 6.72.